The van der Waals surface area contributed by atoms with Crippen LogP contribution >= 0.6 is 11.3 Å². The average molecular weight is 418 g/mol. The lowest BCUT2D eigenvalue weighted by molar-refractivity contribution is 0.0970. The number of pyridine rings is 1. The number of rotatable bonds is 3. The second-order valence-corrected chi connectivity index (χ2v) is 8.34. The highest BCUT2D eigenvalue weighted by atomic mass is 32.1. The minimum absolute atomic E-state index is 0.0536. The molecule has 8 heteroatoms. The van der Waals surface area contributed by atoms with Crippen molar-refractivity contribution in [3.63, 3.8) is 0 Å². The maximum atomic E-state index is 13.6. The third-order valence-electron chi connectivity index (χ3n) is 5.45. The number of fused-ring (bicyclic) bond motifs is 2. The molecular weight excluding hydrogens is 400 g/mol. The van der Waals surface area contributed by atoms with Crippen molar-refractivity contribution in [2.75, 3.05) is 4.90 Å². The summed E-state index contributed by atoms with van der Waals surface area (Å²) in [4.78, 5) is 32.7. The van der Waals surface area contributed by atoms with Crippen LogP contribution in [0.5, 0.6) is 0 Å². The van der Waals surface area contributed by atoms with Gasteiger partial charge in [0.05, 0.1) is 17.0 Å². The summed E-state index contributed by atoms with van der Waals surface area (Å²) in [6.07, 6.45) is 4.02. The Morgan fingerprint density at radius 1 is 1.17 bits per heavy atom. The van der Waals surface area contributed by atoms with E-state index < -0.39 is 11.9 Å². The summed E-state index contributed by atoms with van der Waals surface area (Å²) in [5.41, 5.74) is 3.22. The van der Waals surface area contributed by atoms with Gasteiger partial charge in [0.1, 0.15) is 10.6 Å². The smallest absolute Gasteiger partial charge is 0.297 e. The number of anilines is 1. The van der Waals surface area contributed by atoms with Crippen LogP contribution in [0.4, 0.5) is 5.13 Å². The monoisotopic (exact) mass is 418 g/mol. The fourth-order valence-electron chi connectivity index (χ4n) is 3.76. The van der Waals surface area contributed by atoms with Gasteiger partial charge in [-0.15, -0.1) is 10.2 Å². The molecule has 0 fully saturated rings. The Balaban J connectivity index is 1.81. The fraction of sp³-hybridized carbons (Fsp3) is 0.227. The maximum Gasteiger partial charge on any atom is 0.297 e. The number of nitrogens with zero attached hydrogens (tertiary/aromatic N) is 4. The molecular formula is C22H18N4O3S. The van der Waals surface area contributed by atoms with E-state index >= 15 is 0 Å². The van der Waals surface area contributed by atoms with Gasteiger partial charge in [-0.25, -0.2) is 0 Å². The number of carbonyl (C=O) groups is 1. The molecule has 30 heavy (non-hydrogen) atoms. The van der Waals surface area contributed by atoms with E-state index in [0.29, 0.717) is 33.6 Å². The lowest BCUT2D eigenvalue weighted by Crippen LogP contribution is -2.29. The van der Waals surface area contributed by atoms with E-state index in [0.717, 1.165) is 16.1 Å². The van der Waals surface area contributed by atoms with E-state index in [1.807, 2.05) is 39.0 Å². The molecule has 7 nitrogen and oxygen atoms in total. The molecule has 1 amide bonds. The third kappa shape index (κ3) is 2.68. The van der Waals surface area contributed by atoms with Gasteiger partial charge in [0.15, 0.2) is 5.43 Å². The average Bonchev–Trinajstić information content (AvgIpc) is 3.33. The van der Waals surface area contributed by atoms with Crippen LogP contribution in [0.15, 0.2) is 45.9 Å². The molecule has 1 aliphatic heterocycles. The number of hydrogen-bond acceptors (Lipinski definition) is 7. The second kappa shape index (κ2) is 6.84. The zero-order valence-corrected chi connectivity index (χ0v) is 17.5. The topological polar surface area (TPSA) is 89.2 Å². The molecule has 0 aliphatic carbocycles. The van der Waals surface area contributed by atoms with Crippen molar-refractivity contribution in [2.45, 2.75) is 33.2 Å². The lowest BCUT2D eigenvalue weighted by Gasteiger charge is -2.21. The van der Waals surface area contributed by atoms with Gasteiger partial charge in [0.2, 0.25) is 10.9 Å². The number of hydrogen-bond donors (Lipinski definition) is 0. The van der Waals surface area contributed by atoms with Crippen molar-refractivity contribution in [2.24, 2.45) is 0 Å². The first-order chi connectivity index (χ1) is 14.5. The highest BCUT2D eigenvalue weighted by Gasteiger charge is 2.45. The summed E-state index contributed by atoms with van der Waals surface area (Å²) in [5, 5.41) is 10.1. The Labute approximate surface area is 176 Å². The van der Waals surface area contributed by atoms with Crippen LogP contribution in [0.1, 0.15) is 50.8 Å². The fourth-order valence-corrected chi connectivity index (χ4v) is 4.57. The van der Waals surface area contributed by atoms with Crippen LogP contribution in [-0.4, -0.2) is 21.1 Å². The molecule has 4 heterocycles. The minimum Gasteiger partial charge on any atom is -0.450 e. The Hall–Kier alpha value is -3.39. The van der Waals surface area contributed by atoms with E-state index in [1.54, 1.807) is 18.5 Å². The molecule has 1 unspecified atom stereocenters. The van der Waals surface area contributed by atoms with Crippen molar-refractivity contribution in [1.82, 2.24) is 15.2 Å². The van der Waals surface area contributed by atoms with Crippen LogP contribution in [0, 0.1) is 13.8 Å². The second-order valence-electron chi connectivity index (χ2n) is 7.30. The number of aryl methyl sites for hydroxylation is 3. The molecule has 0 spiro atoms. The van der Waals surface area contributed by atoms with Crippen LogP contribution in [0.3, 0.4) is 0 Å². The third-order valence-corrected chi connectivity index (χ3v) is 6.52. The Morgan fingerprint density at radius 2 is 1.97 bits per heavy atom. The number of aromatic nitrogens is 3. The van der Waals surface area contributed by atoms with E-state index in [4.69, 9.17) is 4.42 Å². The number of carbonyl (C=O) groups excluding carboxylic acids is 1. The first-order valence-electron chi connectivity index (χ1n) is 9.63. The van der Waals surface area contributed by atoms with Gasteiger partial charge >= 0.3 is 0 Å². The zero-order valence-electron chi connectivity index (χ0n) is 16.7. The first-order valence-corrected chi connectivity index (χ1v) is 10.4. The molecule has 0 radical (unpaired) electrons. The van der Waals surface area contributed by atoms with E-state index in [2.05, 4.69) is 15.2 Å². The minimum atomic E-state index is -0.666. The summed E-state index contributed by atoms with van der Waals surface area (Å²) >= 11 is 1.34. The van der Waals surface area contributed by atoms with Crippen molar-refractivity contribution >= 4 is 33.3 Å². The van der Waals surface area contributed by atoms with Gasteiger partial charge in [0.25, 0.3) is 5.91 Å². The number of amides is 1. The highest BCUT2D eigenvalue weighted by molar-refractivity contribution is 7.15. The molecule has 0 bridgehead atoms. The van der Waals surface area contributed by atoms with E-state index in [-0.39, 0.29) is 11.2 Å². The first kappa shape index (κ1) is 18.6. The predicted octanol–water partition coefficient (Wildman–Crippen LogP) is 3.97. The van der Waals surface area contributed by atoms with Crippen LogP contribution in [0.2, 0.25) is 0 Å². The quantitative estimate of drug-likeness (QED) is 0.500. The Morgan fingerprint density at radius 3 is 2.67 bits per heavy atom. The molecule has 1 atom stereocenters. The van der Waals surface area contributed by atoms with Crippen molar-refractivity contribution < 1.29 is 9.21 Å². The van der Waals surface area contributed by atoms with Crippen LogP contribution in [-0.2, 0) is 6.42 Å². The van der Waals surface area contributed by atoms with Crippen LogP contribution < -0.4 is 10.3 Å². The highest BCUT2D eigenvalue weighted by Crippen LogP contribution is 2.42. The van der Waals surface area contributed by atoms with E-state index in [1.165, 1.54) is 16.2 Å². The lowest BCUT2D eigenvalue weighted by atomic mass is 9.99. The predicted molar refractivity (Wildman–Crippen MR) is 114 cm³/mol. The Bertz CT molecular complexity index is 1360. The van der Waals surface area contributed by atoms with Crippen molar-refractivity contribution in [1.29, 1.82) is 0 Å². The molecule has 150 valence electrons. The van der Waals surface area contributed by atoms with E-state index in [9.17, 15) is 9.59 Å². The molecule has 1 aromatic carbocycles. The number of benzene rings is 1. The molecule has 1 aliphatic rings. The summed E-state index contributed by atoms with van der Waals surface area (Å²) < 4.78 is 6.01. The Kier molecular flexibility index (Phi) is 4.25. The van der Waals surface area contributed by atoms with Gasteiger partial charge in [0, 0.05) is 12.4 Å². The molecule has 0 saturated heterocycles. The van der Waals surface area contributed by atoms with Gasteiger partial charge in [-0.05, 0) is 55.2 Å². The standard InChI is InChI=1S/C22H18N4O3S/c1-4-16-24-25-22(30-16)26-18(13-6-5-7-23-10-13)17-19(27)14-8-11(2)12(3)9-15(14)29-20(17)21(26)28/h5-10,18H,4H2,1-3H3. The van der Waals surface area contributed by atoms with Gasteiger partial charge < -0.3 is 4.42 Å². The SMILES string of the molecule is CCc1nnc(N2C(=O)c3oc4cc(C)c(C)cc4c(=O)c3C2c2cccnc2)s1. The van der Waals surface area contributed by atoms with Crippen LogP contribution in [0.25, 0.3) is 11.0 Å². The molecule has 0 N–H and O–H groups in total. The zero-order chi connectivity index (χ0) is 21.0. The van der Waals surface area contributed by atoms with Gasteiger partial charge in [-0.3, -0.25) is 19.5 Å². The molecule has 0 saturated carbocycles. The van der Waals surface area contributed by atoms with Crippen molar-refractivity contribution in [3.05, 3.63) is 79.9 Å². The summed E-state index contributed by atoms with van der Waals surface area (Å²) in [7, 11) is 0. The maximum absolute atomic E-state index is 13.6. The van der Waals surface area contributed by atoms with Gasteiger partial charge in [-0.2, -0.15) is 0 Å². The summed E-state index contributed by atoms with van der Waals surface area (Å²) in [6, 6.07) is 6.59. The molecule has 4 aromatic rings. The van der Waals surface area contributed by atoms with Crippen molar-refractivity contribution in [3.8, 4) is 0 Å². The summed E-state index contributed by atoms with van der Waals surface area (Å²) in [5.74, 6) is -0.340. The van der Waals surface area contributed by atoms with Gasteiger partial charge in [-0.1, -0.05) is 24.3 Å². The molecule has 3 aromatic heterocycles. The normalized spacial score (nSPS) is 15.8. The largest absolute Gasteiger partial charge is 0.450 e. The summed E-state index contributed by atoms with van der Waals surface area (Å²) in [6.45, 7) is 5.87. The molecule has 5 rings (SSSR count).